The first-order chi connectivity index (χ1) is 9.47. The van der Waals surface area contributed by atoms with E-state index in [0.717, 1.165) is 11.3 Å². The Morgan fingerprint density at radius 3 is 2.70 bits per heavy atom. The molecule has 1 heterocycles. The second-order valence-electron chi connectivity index (χ2n) is 4.56. The van der Waals surface area contributed by atoms with Crippen molar-refractivity contribution in [3.8, 4) is 0 Å². The van der Waals surface area contributed by atoms with Crippen LogP contribution in [0.25, 0.3) is 0 Å². The van der Waals surface area contributed by atoms with Crippen LogP contribution < -0.4 is 5.32 Å². The van der Waals surface area contributed by atoms with Crippen LogP contribution in [0, 0.1) is 12.7 Å². The number of hydrogen-bond donors (Lipinski definition) is 1. The van der Waals surface area contributed by atoms with Crippen LogP contribution in [0.5, 0.6) is 0 Å². The van der Waals surface area contributed by atoms with Gasteiger partial charge in [0.15, 0.2) is 0 Å². The number of aromatic nitrogens is 2. The SMILES string of the molecule is CCNC(c1ccc(Br)c(Cl)c1F)c1cnn(C)c1C. The van der Waals surface area contributed by atoms with Crippen molar-refractivity contribution in [2.45, 2.75) is 19.9 Å². The molecule has 1 unspecified atom stereocenters. The summed E-state index contributed by atoms with van der Waals surface area (Å²) in [4.78, 5) is 0. The predicted molar refractivity (Wildman–Crippen MR) is 82.6 cm³/mol. The van der Waals surface area contributed by atoms with Crippen LogP contribution in [-0.4, -0.2) is 16.3 Å². The summed E-state index contributed by atoms with van der Waals surface area (Å²) in [6, 6.07) is 3.24. The van der Waals surface area contributed by atoms with E-state index in [4.69, 9.17) is 11.6 Å². The van der Waals surface area contributed by atoms with Crippen LogP contribution in [0.3, 0.4) is 0 Å². The van der Waals surface area contributed by atoms with Crippen LogP contribution in [0.2, 0.25) is 5.02 Å². The van der Waals surface area contributed by atoms with Gasteiger partial charge in [-0.1, -0.05) is 24.6 Å². The number of aryl methyl sites for hydroxylation is 1. The molecule has 6 heteroatoms. The van der Waals surface area contributed by atoms with Gasteiger partial charge >= 0.3 is 0 Å². The van der Waals surface area contributed by atoms with Gasteiger partial charge in [-0.15, -0.1) is 0 Å². The zero-order chi connectivity index (χ0) is 14.9. The zero-order valence-corrected chi connectivity index (χ0v) is 13.9. The molecule has 2 aromatic rings. The lowest BCUT2D eigenvalue weighted by atomic mass is 9.98. The Kier molecular flexibility index (Phi) is 4.83. The molecule has 1 atom stereocenters. The standard InChI is InChI=1S/C14H16BrClFN3/c1-4-18-14(10-7-19-20(3)8(10)2)9-5-6-11(15)12(16)13(9)17/h5-7,14,18H,4H2,1-3H3. The van der Waals surface area contributed by atoms with Crippen molar-refractivity contribution in [2.24, 2.45) is 7.05 Å². The summed E-state index contributed by atoms with van der Waals surface area (Å²) in [7, 11) is 1.87. The highest BCUT2D eigenvalue weighted by molar-refractivity contribution is 9.10. The summed E-state index contributed by atoms with van der Waals surface area (Å²) < 4.78 is 16.8. The topological polar surface area (TPSA) is 29.9 Å². The summed E-state index contributed by atoms with van der Waals surface area (Å²) in [5.74, 6) is -0.407. The van der Waals surface area contributed by atoms with E-state index in [9.17, 15) is 4.39 Å². The first kappa shape index (κ1) is 15.5. The number of nitrogens with one attached hydrogen (secondary N) is 1. The monoisotopic (exact) mass is 359 g/mol. The normalized spacial score (nSPS) is 12.7. The van der Waals surface area contributed by atoms with Crippen molar-refractivity contribution in [1.82, 2.24) is 15.1 Å². The first-order valence-electron chi connectivity index (χ1n) is 6.32. The molecule has 0 saturated carbocycles. The molecule has 0 bridgehead atoms. The Morgan fingerprint density at radius 2 is 2.15 bits per heavy atom. The molecule has 108 valence electrons. The summed E-state index contributed by atoms with van der Waals surface area (Å²) in [6.45, 7) is 4.66. The van der Waals surface area contributed by atoms with Crippen LogP contribution in [0.15, 0.2) is 22.8 Å². The van der Waals surface area contributed by atoms with Crippen molar-refractivity contribution in [3.05, 3.63) is 50.5 Å². The van der Waals surface area contributed by atoms with Gasteiger partial charge < -0.3 is 5.32 Å². The highest BCUT2D eigenvalue weighted by atomic mass is 79.9. The molecule has 0 amide bonds. The second kappa shape index (κ2) is 6.24. The molecule has 2 rings (SSSR count). The second-order valence-corrected chi connectivity index (χ2v) is 5.80. The van der Waals surface area contributed by atoms with Crippen LogP contribution in [0.1, 0.15) is 29.8 Å². The van der Waals surface area contributed by atoms with Gasteiger partial charge in [-0.2, -0.15) is 5.10 Å². The Labute approximate surface area is 131 Å². The molecule has 1 N–H and O–H groups in total. The van der Waals surface area contributed by atoms with Gasteiger partial charge in [-0.05, 0) is 35.5 Å². The molecule has 0 fully saturated rings. The van der Waals surface area contributed by atoms with E-state index >= 15 is 0 Å². The van der Waals surface area contributed by atoms with E-state index in [-0.39, 0.29) is 11.1 Å². The fourth-order valence-corrected chi connectivity index (χ4v) is 2.63. The van der Waals surface area contributed by atoms with E-state index in [1.165, 1.54) is 0 Å². The number of rotatable bonds is 4. The molecule has 1 aromatic heterocycles. The third-order valence-electron chi connectivity index (χ3n) is 3.37. The predicted octanol–water partition coefficient (Wildman–Crippen LogP) is 3.98. The van der Waals surface area contributed by atoms with Gasteiger partial charge in [0.05, 0.1) is 17.3 Å². The molecular formula is C14H16BrClFN3. The first-order valence-corrected chi connectivity index (χ1v) is 7.49. The summed E-state index contributed by atoms with van der Waals surface area (Å²) >= 11 is 9.22. The lowest BCUT2D eigenvalue weighted by Gasteiger charge is -2.20. The molecule has 3 nitrogen and oxygen atoms in total. The Balaban J connectivity index is 2.54. The average Bonchev–Trinajstić information content (AvgIpc) is 2.75. The Morgan fingerprint density at radius 1 is 1.45 bits per heavy atom. The maximum absolute atomic E-state index is 14.4. The van der Waals surface area contributed by atoms with E-state index in [2.05, 4.69) is 26.3 Å². The molecule has 0 radical (unpaired) electrons. The molecule has 0 spiro atoms. The Hall–Kier alpha value is -0.910. The number of benzene rings is 1. The van der Waals surface area contributed by atoms with E-state index in [1.54, 1.807) is 23.0 Å². The highest BCUT2D eigenvalue weighted by Gasteiger charge is 2.23. The number of halogens is 3. The fraction of sp³-hybridized carbons (Fsp3) is 0.357. The van der Waals surface area contributed by atoms with Gasteiger partial charge in [-0.25, -0.2) is 4.39 Å². The van der Waals surface area contributed by atoms with Crippen molar-refractivity contribution in [2.75, 3.05) is 6.54 Å². The third kappa shape index (κ3) is 2.75. The summed E-state index contributed by atoms with van der Waals surface area (Å²) in [6.07, 6.45) is 1.76. The lowest BCUT2D eigenvalue weighted by Crippen LogP contribution is -2.23. The van der Waals surface area contributed by atoms with Gasteiger partial charge in [0.1, 0.15) is 5.82 Å². The number of hydrogen-bond acceptors (Lipinski definition) is 2. The van der Waals surface area contributed by atoms with Crippen LogP contribution in [-0.2, 0) is 7.05 Å². The maximum atomic E-state index is 14.4. The van der Waals surface area contributed by atoms with Crippen molar-refractivity contribution in [1.29, 1.82) is 0 Å². The van der Waals surface area contributed by atoms with Gasteiger partial charge in [0.25, 0.3) is 0 Å². The highest BCUT2D eigenvalue weighted by Crippen LogP contribution is 2.33. The number of nitrogens with zero attached hydrogens (tertiary/aromatic N) is 2. The minimum atomic E-state index is -0.407. The molecule has 0 saturated heterocycles. The summed E-state index contributed by atoms with van der Waals surface area (Å²) in [5.41, 5.74) is 2.47. The summed E-state index contributed by atoms with van der Waals surface area (Å²) in [5, 5.41) is 7.62. The molecule has 0 aliphatic heterocycles. The lowest BCUT2D eigenvalue weighted by molar-refractivity contribution is 0.556. The van der Waals surface area contributed by atoms with Crippen molar-refractivity contribution in [3.63, 3.8) is 0 Å². The van der Waals surface area contributed by atoms with Crippen molar-refractivity contribution < 1.29 is 4.39 Å². The largest absolute Gasteiger partial charge is 0.306 e. The quantitative estimate of drug-likeness (QED) is 0.836. The molecule has 20 heavy (non-hydrogen) atoms. The minimum Gasteiger partial charge on any atom is -0.306 e. The fourth-order valence-electron chi connectivity index (χ4n) is 2.15. The maximum Gasteiger partial charge on any atom is 0.148 e. The minimum absolute atomic E-state index is 0.104. The van der Waals surface area contributed by atoms with Crippen molar-refractivity contribution >= 4 is 27.5 Å². The van der Waals surface area contributed by atoms with Crippen LogP contribution >= 0.6 is 27.5 Å². The molecule has 0 aliphatic rings. The van der Waals surface area contributed by atoms with E-state index in [1.807, 2.05) is 20.9 Å². The molecular weight excluding hydrogens is 345 g/mol. The smallest absolute Gasteiger partial charge is 0.148 e. The van der Waals surface area contributed by atoms with Gasteiger partial charge in [-0.3, -0.25) is 4.68 Å². The molecule has 1 aromatic carbocycles. The average molecular weight is 361 g/mol. The Bertz CT molecular complexity index is 627. The third-order valence-corrected chi connectivity index (χ3v) is 4.63. The van der Waals surface area contributed by atoms with Gasteiger partial charge in [0, 0.05) is 28.3 Å². The van der Waals surface area contributed by atoms with Crippen LogP contribution in [0.4, 0.5) is 4.39 Å². The van der Waals surface area contributed by atoms with Gasteiger partial charge in [0.2, 0.25) is 0 Å². The molecule has 0 aliphatic carbocycles. The zero-order valence-electron chi connectivity index (χ0n) is 11.5. The van der Waals surface area contributed by atoms with E-state index < -0.39 is 5.82 Å². The van der Waals surface area contributed by atoms with E-state index in [0.29, 0.717) is 16.6 Å².